The summed E-state index contributed by atoms with van der Waals surface area (Å²) < 4.78 is 39.8. The summed E-state index contributed by atoms with van der Waals surface area (Å²) in [6, 6.07) is 10.9. The lowest BCUT2D eigenvalue weighted by Gasteiger charge is -2.35. The van der Waals surface area contributed by atoms with Crippen LogP contribution in [0.25, 0.3) is 0 Å². The minimum absolute atomic E-state index is 0.106. The van der Waals surface area contributed by atoms with E-state index in [1.807, 2.05) is 0 Å². The Morgan fingerprint density at radius 3 is 2.00 bits per heavy atom. The lowest BCUT2D eigenvalue weighted by atomic mass is 10.1. The minimum Gasteiger partial charge on any atom is -0.497 e. The molecule has 10 heteroatoms. The van der Waals surface area contributed by atoms with Gasteiger partial charge in [0.15, 0.2) is 9.84 Å². The maximum Gasteiger partial charge on any atom is 0.257 e. The average Bonchev–Trinajstić information content (AvgIpc) is 2.86. The molecule has 1 fully saturated rings. The highest BCUT2D eigenvalue weighted by molar-refractivity contribution is 7.91. The van der Waals surface area contributed by atoms with Gasteiger partial charge in [-0.3, -0.25) is 9.59 Å². The topological polar surface area (TPSA) is 102 Å². The van der Waals surface area contributed by atoms with Crippen LogP contribution in [0.5, 0.6) is 11.5 Å². The second-order valence-corrected chi connectivity index (χ2v) is 9.60. The van der Waals surface area contributed by atoms with E-state index in [2.05, 4.69) is 0 Å². The highest BCUT2D eigenvalue weighted by atomic mass is 32.2. The largest absolute Gasteiger partial charge is 0.497 e. The summed E-state index contributed by atoms with van der Waals surface area (Å²) in [6.07, 6.45) is 0. The highest BCUT2D eigenvalue weighted by Crippen LogP contribution is 2.26. The predicted octanol–water partition coefficient (Wildman–Crippen LogP) is 1.72. The Hall–Kier alpha value is -3.11. The molecule has 0 N–H and O–H groups in total. The van der Waals surface area contributed by atoms with Crippen LogP contribution in [0.1, 0.15) is 20.7 Å². The van der Waals surface area contributed by atoms with Gasteiger partial charge < -0.3 is 24.0 Å². The van der Waals surface area contributed by atoms with Gasteiger partial charge in [0, 0.05) is 44.9 Å². The van der Waals surface area contributed by atoms with Crippen LogP contribution in [-0.4, -0.2) is 89.9 Å². The van der Waals surface area contributed by atoms with Gasteiger partial charge in [0.2, 0.25) is 0 Å². The summed E-state index contributed by atoms with van der Waals surface area (Å²) in [5.74, 6) is 0.526. The number of nitrogens with zero attached hydrogens (tertiary/aromatic N) is 2. The van der Waals surface area contributed by atoms with E-state index in [1.165, 1.54) is 38.5 Å². The number of amides is 2. The standard InChI is InChI=1S/C23H28N2O7S/c1-30-14-15-33(28,29)19-7-4-17(5-8-19)22(26)24-10-12-25(13-11-24)23(27)20-9-6-18(31-2)16-21(20)32-3/h4-9,16H,10-15H2,1-3H3. The first-order chi connectivity index (χ1) is 15.8. The van der Waals surface area contributed by atoms with Crippen molar-refractivity contribution < 1.29 is 32.2 Å². The minimum atomic E-state index is -3.46. The maximum absolute atomic E-state index is 13.0. The second kappa shape index (κ2) is 10.7. The molecule has 0 aliphatic carbocycles. The molecule has 0 aromatic heterocycles. The van der Waals surface area contributed by atoms with Crippen molar-refractivity contribution >= 4 is 21.7 Å². The summed E-state index contributed by atoms with van der Waals surface area (Å²) >= 11 is 0. The number of hydrogen-bond donors (Lipinski definition) is 0. The molecule has 0 atom stereocenters. The molecule has 1 aliphatic rings. The number of benzene rings is 2. The van der Waals surface area contributed by atoms with Crippen molar-refractivity contribution in [1.82, 2.24) is 9.80 Å². The lowest BCUT2D eigenvalue weighted by Crippen LogP contribution is -2.50. The van der Waals surface area contributed by atoms with Crippen molar-refractivity contribution in [3.05, 3.63) is 53.6 Å². The first kappa shape index (κ1) is 24.5. The number of rotatable bonds is 8. The summed E-state index contributed by atoms with van der Waals surface area (Å²) in [6.45, 7) is 1.61. The molecular formula is C23H28N2O7S. The van der Waals surface area contributed by atoms with Crippen molar-refractivity contribution in [3.8, 4) is 11.5 Å². The van der Waals surface area contributed by atoms with E-state index in [4.69, 9.17) is 14.2 Å². The van der Waals surface area contributed by atoms with Gasteiger partial charge in [0.25, 0.3) is 11.8 Å². The van der Waals surface area contributed by atoms with Crippen LogP contribution in [-0.2, 0) is 14.6 Å². The zero-order valence-electron chi connectivity index (χ0n) is 18.9. The zero-order valence-corrected chi connectivity index (χ0v) is 19.8. The summed E-state index contributed by atoms with van der Waals surface area (Å²) in [5, 5.41) is 0. The van der Waals surface area contributed by atoms with Crippen LogP contribution in [0.15, 0.2) is 47.4 Å². The Morgan fingerprint density at radius 2 is 1.45 bits per heavy atom. The molecule has 0 bridgehead atoms. The molecule has 3 rings (SSSR count). The van der Waals surface area contributed by atoms with Gasteiger partial charge in [-0.05, 0) is 36.4 Å². The van der Waals surface area contributed by atoms with E-state index in [0.717, 1.165) is 0 Å². The fourth-order valence-corrected chi connectivity index (χ4v) is 4.73. The van der Waals surface area contributed by atoms with Gasteiger partial charge in [-0.1, -0.05) is 0 Å². The Morgan fingerprint density at radius 1 is 0.848 bits per heavy atom. The third kappa shape index (κ3) is 5.63. The molecule has 1 saturated heterocycles. The number of ether oxygens (including phenoxy) is 3. The monoisotopic (exact) mass is 476 g/mol. The molecule has 9 nitrogen and oxygen atoms in total. The smallest absolute Gasteiger partial charge is 0.257 e. The van der Waals surface area contributed by atoms with E-state index < -0.39 is 9.84 Å². The third-order valence-electron chi connectivity index (χ3n) is 5.51. The molecule has 1 aliphatic heterocycles. The number of carbonyl (C=O) groups excluding carboxylic acids is 2. The summed E-state index contributed by atoms with van der Waals surface area (Å²) in [5.41, 5.74) is 0.834. The second-order valence-electron chi connectivity index (χ2n) is 7.49. The van der Waals surface area contributed by atoms with E-state index in [1.54, 1.807) is 35.1 Å². The SMILES string of the molecule is COCCS(=O)(=O)c1ccc(C(=O)N2CCN(C(=O)c3ccc(OC)cc3OC)CC2)cc1. The van der Waals surface area contributed by atoms with Crippen LogP contribution >= 0.6 is 0 Å². The summed E-state index contributed by atoms with van der Waals surface area (Å²) in [4.78, 5) is 29.3. The van der Waals surface area contributed by atoms with E-state index in [-0.39, 0.29) is 29.1 Å². The van der Waals surface area contributed by atoms with Crippen molar-refractivity contribution in [2.75, 3.05) is 59.9 Å². The number of methoxy groups -OCH3 is 3. The predicted molar refractivity (Wildman–Crippen MR) is 122 cm³/mol. The number of carbonyl (C=O) groups is 2. The average molecular weight is 477 g/mol. The first-order valence-electron chi connectivity index (χ1n) is 10.4. The first-order valence-corrected chi connectivity index (χ1v) is 12.1. The fraction of sp³-hybridized carbons (Fsp3) is 0.391. The van der Waals surface area contributed by atoms with E-state index >= 15 is 0 Å². The van der Waals surface area contributed by atoms with Crippen LogP contribution in [0, 0.1) is 0 Å². The van der Waals surface area contributed by atoms with Crippen molar-refractivity contribution in [1.29, 1.82) is 0 Å². The molecule has 0 radical (unpaired) electrons. The molecule has 2 aromatic carbocycles. The van der Waals surface area contributed by atoms with Gasteiger partial charge in [0.1, 0.15) is 11.5 Å². The number of sulfone groups is 1. The summed E-state index contributed by atoms with van der Waals surface area (Å²) in [7, 11) is 1.03. The van der Waals surface area contributed by atoms with Gasteiger partial charge in [-0.25, -0.2) is 8.42 Å². The maximum atomic E-state index is 13.0. The van der Waals surface area contributed by atoms with Gasteiger partial charge in [0.05, 0.1) is 37.0 Å². The van der Waals surface area contributed by atoms with Gasteiger partial charge >= 0.3 is 0 Å². The Balaban J connectivity index is 1.63. The zero-order chi connectivity index (χ0) is 24.0. The van der Waals surface area contributed by atoms with E-state index in [9.17, 15) is 18.0 Å². The Bertz CT molecular complexity index is 1090. The molecule has 0 spiro atoms. The molecule has 0 saturated carbocycles. The fourth-order valence-electron chi connectivity index (χ4n) is 3.56. The molecule has 0 unspecified atom stereocenters. The highest BCUT2D eigenvalue weighted by Gasteiger charge is 2.27. The third-order valence-corrected chi connectivity index (χ3v) is 7.20. The molecule has 1 heterocycles. The Kier molecular flexibility index (Phi) is 7.93. The van der Waals surface area contributed by atoms with Crippen LogP contribution in [0.3, 0.4) is 0 Å². The molecule has 178 valence electrons. The number of hydrogen-bond acceptors (Lipinski definition) is 7. The van der Waals surface area contributed by atoms with E-state index in [0.29, 0.717) is 48.8 Å². The quantitative estimate of drug-likeness (QED) is 0.572. The number of piperazine rings is 1. The van der Waals surface area contributed by atoms with Gasteiger partial charge in [-0.2, -0.15) is 0 Å². The van der Waals surface area contributed by atoms with Crippen molar-refractivity contribution in [2.24, 2.45) is 0 Å². The van der Waals surface area contributed by atoms with Crippen LogP contribution in [0.2, 0.25) is 0 Å². The van der Waals surface area contributed by atoms with Crippen molar-refractivity contribution in [2.45, 2.75) is 4.90 Å². The Labute approximate surface area is 193 Å². The van der Waals surface area contributed by atoms with Crippen LogP contribution < -0.4 is 9.47 Å². The van der Waals surface area contributed by atoms with Crippen molar-refractivity contribution in [3.63, 3.8) is 0 Å². The van der Waals surface area contributed by atoms with Gasteiger partial charge in [-0.15, -0.1) is 0 Å². The molecular weight excluding hydrogens is 448 g/mol. The molecule has 33 heavy (non-hydrogen) atoms. The molecule has 2 aromatic rings. The molecule has 2 amide bonds. The van der Waals surface area contributed by atoms with Crippen LogP contribution in [0.4, 0.5) is 0 Å². The normalized spacial score (nSPS) is 14.2. The lowest BCUT2D eigenvalue weighted by molar-refractivity contribution is 0.0533.